The van der Waals surface area contributed by atoms with Crippen molar-refractivity contribution in [3.05, 3.63) is 29.5 Å². The Labute approximate surface area is 151 Å². The number of nitrogens with one attached hydrogen (secondary N) is 2. The number of benzene rings is 1. The Hall–Kier alpha value is -1.95. The fourth-order valence-electron chi connectivity index (χ4n) is 3.78. The molecular formula is C19H23N3O2S. The van der Waals surface area contributed by atoms with Crippen LogP contribution in [0.25, 0.3) is 10.9 Å². The summed E-state index contributed by atoms with van der Waals surface area (Å²) >= 11 is 1.64. The van der Waals surface area contributed by atoms with Gasteiger partial charge in [0.1, 0.15) is 5.04 Å². The van der Waals surface area contributed by atoms with Crippen molar-refractivity contribution in [3.63, 3.8) is 0 Å². The first-order valence-corrected chi connectivity index (χ1v) is 9.90. The molecule has 1 aromatic carbocycles. The lowest BCUT2D eigenvalue weighted by atomic mass is 10.1. The molecule has 1 atom stereocenters. The normalized spacial score (nSPS) is 21.0. The zero-order chi connectivity index (χ0) is 17.4. The predicted octanol–water partition coefficient (Wildman–Crippen LogP) is 4.17. The van der Waals surface area contributed by atoms with Gasteiger partial charge in [0.15, 0.2) is 0 Å². The highest BCUT2D eigenvalue weighted by atomic mass is 32.2. The first-order valence-electron chi connectivity index (χ1n) is 8.91. The van der Waals surface area contributed by atoms with Gasteiger partial charge in [-0.05, 0) is 43.5 Å². The summed E-state index contributed by atoms with van der Waals surface area (Å²) in [5.41, 5.74) is 4.52. The minimum atomic E-state index is -0.786. The number of thioether (sulfide) groups is 1. The van der Waals surface area contributed by atoms with Crippen LogP contribution in [0, 0.1) is 6.92 Å². The summed E-state index contributed by atoms with van der Waals surface area (Å²) in [7, 11) is 0. The molecule has 1 aliphatic carbocycles. The number of rotatable bonds is 5. The fourth-order valence-corrected chi connectivity index (χ4v) is 4.81. The molecule has 0 saturated heterocycles. The van der Waals surface area contributed by atoms with E-state index in [-0.39, 0.29) is 12.5 Å². The number of carboxylic acids is 1. The van der Waals surface area contributed by atoms with Crippen molar-refractivity contribution < 1.29 is 9.90 Å². The predicted molar refractivity (Wildman–Crippen MR) is 104 cm³/mol. The molecule has 2 aliphatic rings. The largest absolute Gasteiger partial charge is 0.481 e. The smallest absolute Gasteiger partial charge is 0.305 e. The van der Waals surface area contributed by atoms with Crippen molar-refractivity contribution in [1.29, 1.82) is 0 Å². The molecule has 6 heteroatoms. The molecule has 4 rings (SSSR count). The zero-order valence-electron chi connectivity index (χ0n) is 14.3. The van der Waals surface area contributed by atoms with Crippen LogP contribution in [0.4, 0.5) is 5.69 Å². The number of fused-ring (bicyclic) bond motifs is 1. The van der Waals surface area contributed by atoms with Crippen LogP contribution >= 0.6 is 11.8 Å². The second-order valence-electron chi connectivity index (χ2n) is 7.08. The molecule has 1 saturated carbocycles. The van der Waals surface area contributed by atoms with Crippen LogP contribution in [-0.4, -0.2) is 38.9 Å². The number of carbonyl (C=O) groups is 1. The van der Waals surface area contributed by atoms with E-state index in [4.69, 9.17) is 5.11 Å². The average molecular weight is 357 g/mol. The third kappa shape index (κ3) is 3.54. The molecule has 0 spiro atoms. The van der Waals surface area contributed by atoms with E-state index in [1.54, 1.807) is 11.8 Å². The van der Waals surface area contributed by atoms with Gasteiger partial charge in [0.2, 0.25) is 0 Å². The molecule has 0 amide bonds. The number of anilines is 1. The molecule has 0 radical (unpaired) electrons. The Bertz CT molecular complexity index is 837. The molecule has 2 aromatic rings. The Morgan fingerprint density at radius 2 is 2.16 bits per heavy atom. The first kappa shape index (κ1) is 16.5. The highest BCUT2D eigenvalue weighted by molar-refractivity contribution is 8.14. The van der Waals surface area contributed by atoms with Gasteiger partial charge in [-0.1, -0.05) is 12.8 Å². The van der Waals surface area contributed by atoms with Gasteiger partial charge in [0.05, 0.1) is 29.4 Å². The van der Waals surface area contributed by atoms with Crippen LogP contribution in [0.15, 0.2) is 23.2 Å². The van der Waals surface area contributed by atoms with Crippen molar-refractivity contribution in [1.82, 2.24) is 4.98 Å². The number of aliphatic carboxylic acids is 1. The van der Waals surface area contributed by atoms with Crippen LogP contribution in [-0.2, 0) is 4.79 Å². The van der Waals surface area contributed by atoms with Crippen molar-refractivity contribution >= 4 is 39.4 Å². The fraction of sp³-hybridized carbons (Fsp3) is 0.474. The lowest BCUT2D eigenvalue weighted by Gasteiger charge is -2.15. The van der Waals surface area contributed by atoms with Crippen LogP contribution in [0.3, 0.4) is 0 Å². The third-order valence-electron chi connectivity index (χ3n) is 4.94. The number of aryl methyl sites for hydroxylation is 1. The van der Waals surface area contributed by atoms with E-state index >= 15 is 0 Å². The first-order chi connectivity index (χ1) is 12.1. The van der Waals surface area contributed by atoms with Gasteiger partial charge in [-0.25, -0.2) is 0 Å². The van der Waals surface area contributed by atoms with Gasteiger partial charge < -0.3 is 15.4 Å². The van der Waals surface area contributed by atoms with Crippen molar-refractivity contribution in [2.75, 3.05) is 11.1 Å². The third-order valence-corrected chi connectivity index (χ3v) is 6.09. The lowest BCUT2D eigenvalue weighted by molar-refractivity contribution is -0.137. The Balaban J connectivity index is 1.64. The molecule has 0 bridgehead atoms. The highest BCUT2D eigenvalue weighted by Crippen LogP contribution is 2.32. The number of carboxylic acid groups (broad SMARTS) is 1. The number of nitrogens with zero attached hydrogens (tertiary/aromatic N) is 1. The van der Waals surface area contributed by atoms with Gasteiger partial charge in [0.25, 0.3) is 0 Å². The summed E-state index contributed by atoms with van der Waals surface area (Å²) in [6.45, 7) is 2.12. The second kappa shape index (κ2) is 6.75. The monoisotopic (exact) mass is 357 g/mol. The van der Waals surface area contributed by atoms with E-state index in [2.05, 4.69) is 40.4 Å². The number of hydrogen-bond donors (Lipinski definition) is 3. The number of aromatic amines is 1. The SMILES string of the molecule is Cc1cc(NC2CCCC2)c2[nH]c(C3=NC(CC(=O)O)CS3)cc2c1. The Morgan fingerprint density at radius 1 is 1.36 bits per heavy atom. The van der Waals surface area contributed by atoms with Crippen molar-refractivity contribution in [2.45, 2.75) is 51.1 Å². The molecular weight excluding hydrogens is 334 g/mol. The topological polar surface area (TPSA) is 77.5 Å². The van der Waals surface area contributed by atoms with Crippen molar-refractivity contribution in [3.8, 4) is 0 Å². The Morgan fingerprint density at radius 3 is 2.92 bits per heavy atom. The number of aromatic nitrogens is 1. The van der Waals surface area contributed by atoms with Crippen LogP contribution in [0.2, 0.25) is 0 Å². The molecule has 132 valence electrons. The average Bonchev–Trinajstić information content (AvgIpc) is 3.26. The van der Waals surface area contributed by atoms with E-state index in [1.807, 2.05) is 0 Å². The molecule has 5 nitrogen and oxygen atoms in total. The van der Waals surface area contributed by atoms with E-state index in [9.17, 15) is 4.79 Å². The number of aliphatic imine (C=N–C) groups is 1. The lowest BCUT2D eigenvalue weighted by Crippen LogP contribution is -2.14. The van der Waals surface area contributed by atoms with Crippen LogP contribution in [0.5, 0.6) is 0 Å². The van der Waals surface area contributed by atoms with E-state index < -0.39 is 5.97 Å². The molecule has 1 aliphatic heterocycles. The summed E-state index contributed by atoms with van der Waals surface area (Å²) in [6.07, 6.45) is 5.19. The molecule has 1 unspecified atom stereocenters. The van der Waals surface area contributed by atoms with E-state index in [1.165, 1.54) is 42.3 Å². The quantitative estimate of drug-likeness (QED) is 0.750. The van der Waals surface area contributed by atoms with E-state index in [0.29, 0.717) is 6.04 Å². The Kier molecular flexibility index (Phi) is 4.46. The van der Waals surface area contributed by atoms with Gasteiger partial charge in [0, 0.05) is 17.2 Å². The maximum Gasteiger partial charge on any atom is 0.305 e. The summed E-state index contributed by atoms with van der Waals surface area (Å²) in [4.78, 5) is 19.0. The highest BCUT2D eigenvalue weighted by Gasteiger charge is 2.23. The molecule has 3 N–H and O–H groups in total. The minimum Gasteiger partial charge on any atom is -0.481 e. The van der Waals surface area contributed by atoms with Gasteiger partial charge in [-0.3, -0.25) is 9.79 Å². The summed E-state index contributed by atoms with van der Waals surface area (Å²) in [5, 5.41) is 14.8. The molecule has 1 aromatic heterocycles. The standard InChI is InChI=1S/C19H23N3O2S/c1-11-6-12-8-16(19-21-14(10-25-19)9-17(23)24)22-18(12)15(7-11)20-13-4-2-3-5-13/h6-8,13-14,20,22H,2-5,9-10H2,1H3,(H,23,24). The maximum absolute atomic E-state index is 10.9. The van der Waals surface area contributed by atoms with Gasteiger partial charge in [-0.15, -0.1) is 11.8 Å². The molecule has 2 heterocycles. The van der Waals surface area contributed by atoms with Gasteiger partial charge in [-0.2, -0.15) is 0 Å². The molecule has 25 heavy (non-hydrogen) atoms. The minimum absolute atomic E-state index is 0.102. The second-order valence-corrected chi connectivity index (χ2v) is 8.09. The van der Waals surface area contributed by atoms with E-state index in [0.717, 1.165) is 22.0 Å². The summed E-state index contributed by atoms with van der Waals surface area (Å²) < 4.78 is 0. The maximum atomic E-state index is 10.9. The number of H-pyrrole nitrogens is 1. The van der Waals surface area contributed by atoms with Crippen molar-refractivity contribution in [2.24, 2.45) is 4.99 Å². The molecule has 1 fully saturated rings. The zero-order valence-corrected chi connectivity index (χ0v) is 15.2. The van der Waals surface area contributed by atoms with Crippen LogP contribution < -0.4 is 5.32 Å². The summed E-state index contributed by atoms with van der Waals surface area (Å²) in [6, 6.07) is 6.97. The number of hydrogen-bond acceptors (Lipinski definition) is 4. The van der Waals surface area contributed by atoms with Gasteiger partial charge >= 0.3 is 5.97 Å². The van der Waals surface area contributed by atoms with Crippen LogP contribution in [0.1, 0.15) is 43.4 Å². The summed E-state index contributed by atoms with van der Waals surface area (Å²) in [5.74, 6) is -0.0469.